The van der Waals surface area contributed by atoms with E-state index in [1.807, 2.05) is 14.1 Å². The maximum atomic E-state index is 13.2. The van der Waals surface area contributed by atoms with Crippen molar-refractivity contribution in [3.63, 3.8) is 0 Å². The van der Waals surface area contributed by atoms with Crippen LogP contribution in [0.25, 0.3) is 0 Å². The van der Waals surface area contributed by atoms with Gasteiger partial charge in [0.05, 0.1) is 12.6 Å². The highest BCUT2D eigenvalue weighted by molar-refractivity contribution is 5.76. The van der Waals surface area contributed by atoms with E-state index in [2.05, 4.69) is 9.88 Å². The van der Waals surface area contributed by atoms with Crippen molar-refractivity contribution in [2.75, 3.05) is 27.2 Å². The zero-order valence-corrected chi connectivity index (χ0v) is 12.8. The molecule has 6 nitrogen and oxygen atoms in total. The average Bonchev–Trinajstić information content (AvgIpc) is 2.79. The first-order chi connectivity index (χ1) is 9.90. The van der Waals surface area contributed by atoms with Crippen LogP contribution in [-0.4, -0.2) is 63.6 Å². The SMILES string of the molecule is CN(C)C1CCN(C(=O)CC(O)c2ncc(F)n2C)CC1. The number of aliphatic hydroxyl groups is 1. The van der Waals surface area contributed by atoms with Crippen LogP contribution in [0.15, 0.2) is 6.20 Å². The Hall–Kier alpha value is -1.47. The van der Waals surface area contributed by atoms with E-state index in [0.29, 0.717) is 19.1 Å². The molecule has 0 saturated carbocycles. The third-order valence-corrected chi connectivity index (χ3v) is 4.18. The number of nitrogens with zero attached hydrogens (tertiary/aromatic N) is 4. The van der Waals surface area contributed by atoms with Gasteiger partial charge in [-0.1, -0.05) is 0 Å². The molecule has 118 valence electrons. The lowest BCUT2D eigenvalue weighted by Gasteiger charge is -2.35. The minimum absolute atomic E-state index is 0.0586. The highest BCUT2D eigenvalue weighted by atomic mass is 19.1. The number of halogens is 1. The van der Waals surface area contributed by atoms with Gasteiger partial charge >= 0.3 is 0 Å². The molecule has 1 aliphatic rings. The van der Waals surface area contributed by atoms with Gasteiger partial charge in [-0.3, -0.25) is 4.79 Å². The normalized spacial score (nSPS) is 18.3. The van der Waals surface area contributed by atoms with Gasteiger partial charge in [-0.25, -0.2) is 4.98 Å². The molecule has 21 heavy (non-hydrogen) atoms. The molecule has 1 fully saturated rings. The summed E-state index contributed by atoms with van der Waals surface area (Å²) in [5, 5.41) is 10.1. The molecule has 1 aliphatic heterocycles. The Bertz CT molecular complexity index is 495. The van der Waals surface area contributed by atoms with E-state index in [0.717, 1.165) is 23.6 Å². The lowest BCUT2D eigenvalue weighted by Crippen LogP contribution is -2.44. The highest BCUT2D eigenvalue weighted by Crippen LogP contribution is 2.20. The van der Waals surface area contributed by atoms with Gasteiger partial charge < -0.3 is 19.5 Å². The van der Waals surface area contributed by atoms with E-state index in [1.165, 1.54) is 7.05 Å². The summed E-state index contributed by atoms with van der Waals surface area (Å²) in [4.78, 5) is 19.9. The molecule has 0 radical (unpaired) electrons. The number of imidazole rings is 1. The molecule has 0 spiro atoms. The minimum Gasteiger partial charge on any atom is -0.385 e. The summed E-state index contributed by atoms with van der Waals surface area (Å²) < 4.78 is 14.4. The molecular formula is C14H23FN4O2. The highest BCUT2D eigenvalue weighted by Gasteiger charge is 2.26. The fraction of sp³-hybridized carbons (Fsp3) is 0.714. The van der Waals surface area contributed by atoms with E-state index in [9.17, 15) is 14.3 Å². The molecule has 0 aliphatic carbocycles. The van der Waals surface area contributed by atoms with Crippen LogP contribution < -0.4 is 0 Å². The van der Waals surface area contributed by atoms with E-state index in [-0.39, 0.29) is 18.2 Å². The van der Waals surface area contributed by atoms with Crippen molar-refractivity contribution in [1.82, 2.24) is 19.4 Å². The van der Waals surface area contributed by atoms with Gasteiger partial charge in [-0.05, 0) is 26.9 Å². The van der Waals surface area contributed by atoms with E-state index < -0.39 is 12.1 Å². The first-order valence-electron chi connectivity index (χ1n) is 7.19. The quantitative estimate of drug-likeness (QED) is 0.881. The van der Waals surface area contributed by atoms with Crippen LogP contribution in [0.5, 0.6) is 0 Å². The van der Waals surface area contributed by atoms with Gasteiger partial charge in [0, 0.05) is 26.2 Å². The summed E-state index contributed by atoms with van der Waals surface area (Å²) in [5.41, 5.74) is 0. The lowest BCUT2D eigenvalue weighted by molar-refractivity contribution is -0.135. The molecule has 1 saturated heterocycles. The number of hydrogen-bond acceptors (Lipinski definition) is 4. The third-order valence-electron chi connectivity index (χ3n) is 4.18. The molecular weight excluding hydrogens is 275 g/mol. The maximum absolute atomic E-state index is 13.2. The third kappa shape index (κ3) is 3.59. The molecule has 2 heterocycles. The second-order valence-corrected chi connectivity index (χ2v) is 5.79. The van der Waals surface area contributed by atoms with Crippen LogP contribution in [0.1, 0.15) is 31.2 Å². The van der Waals surface area contributed by atoms with Crippen LogP contribution >= 0.6 is 0 Å². The summed E-state index contributed by atoms with van der Waals surface area (Å²) in [6, 6.07) is 0.502. The van der Waals surface area contributed by atoms with Crippen molar-refractivity contribution < 1.29 is 14.3 Å². The fourth-order valence-electron chi connectivity index (χ4n) is 2.73. The van der Waals surface area contributed by atoms with Crippen LogP contribution in [0.3, 0.4) is 0 Å². The molecule has 2 rings (SSSR count). The predicted molar refractivity (Wildman–Crippen MR) is 76.0 cm³/mol. The van der Waals surface area contributed by atoms with Crippen LogP contribution in [-0.2, 0) is 11.8 Å². The van der Waals surface area contributed by atoms with Crippen molar-refractivity contribution in [2.45, 2.75) is 31.4 Å². The Labute approximate surface area is 124 Å². The number of rotatable bonds is 4. The number of hydrogen-bond donors (Lipinski definition) is 1. The number of carbonyl (C=O) groups is 1. The largest absolute Gasteiger partial charge is 0.385 e. The first kappa shape index (κ1) is 15.9. The van der Waals surface area contributed by atoms with Crippen LogP contribution in [0.4, 0.5) is 4.39 Å². The van der Waals surface area contributed by atoms with Gasteiger partial charge in [-0.15, -0.1) is 0 Å². The maximum Gasteiger partial charge on any atom is 0.225 e. The summed E-state index contributed by atoms with van der Waals surface area (Å²) in [6.07, 6.45) is 1.79. The Kier molecular flexibility index (Phi) is 4.95. The number of likely N-dealkylation sites (tertiary alicyclic amines) is 1. The molecule has 7 heteroatoms. The zero-order chi connectivity index (χ0) is 15.6. The van der Waals surface area contributed by atoms with Crippen molar-refractivity contribution >= 4 is 5.91 Å². The predicted octanol–water partition coefficient (Wildman–Crippen LogP) is 0.535. The summed E-state index contributed by atoms with van der Waals surface area (Å²) in [7, 11) is 5.57. The van der Waals surface area contributed by atoms with Gasteiger partial charge in [0.1, 0.15) is 11.9 Å². The molecule has 0 bridgehead atoms. The van der Waals surface area contributed by atoms with Gasteiger partial charge in [0.2, 0.25) is 11.9 Å². The average molecular weight is 298 g/mol. The summed E-state index contributed by atoms with van der Waals surface area (Å²) in [6.45, 7) is 1.40. The second-order valence-electron chi connectivity index (χ2n) is 5.79. The van der Waals surface area contributed by atoms with Crippen LogP contribution in [0, 0.1) is 5.95 Å². The Morgan fingerprint density at radius 1 is 1.52 bits per heavy atom. The van der Waals surface area contributed by atoms with Gasteiger partial charge in [0.15, 0.2) is 0 Å². The van der Waals surface area contributed by atoms with E-state index >= 15 is 0 Å². The monoisotopic (exact) mass is 298 g/mol. The van der Waals surface area contributed by atoms with Crippen LogP contribution in [0.2, 0.25) is 0 Å². The van der Waals surface area contributed by atoms with Crippen molar-refractivity contribution in [3.8, 4) is 0 Å². The molecule has 1 atom stereocenters. The lowest BCUT2D eigenvalue weighted by atomic mass is 10.0. The number of carbonyl (C=O) groups excluding carboxylic acids is 1. The van der Waals surface area contributed by atoms with E-state index in [4.69, 9.17) is 0 Å². The molecule has 1 unspecified atom stereocenters. The van der Waals surface area contributed by atoms with Crippen molar-refractivity contribution in [3.05, 3.63) is 18.0 Å². The standard InChI is InChI=1S/C14H23FN4O2/c1-17(2)10-4-6-19(7-5-10)13(21)8-11(20)14-16-9-12(15)18(14)3/h9-11,20H,4-8H2,1-3H3. The fourth-order valence-corrected chi connectivity index (χ4v) is 2.73. The van der Waals surface area contributed by atoms with Gasteiger partial charge in [-0.2, -0.15) is 4.39 Å². The summed E-state index contributed by atoms with van der Waals surface area (Å²) >= 11 is 0. The minimum atomic E-state index is -1.07. The smallest absolute Gasteiger partial charge is 0.225 e. The second kappa shape index (κ2) is 6.53. The summed E-state index contributed by atoms with van der Waals surface area (Å²) in [5.74, 6) is -0.449. The van der Waals surface area contributed by atoms with E-state index in [1.54, 1.807) is 4.90 Å². The zero-order valence-electron chi connectivity index (χ0n) is 12.8. The number of piperidine rings is 1. The molecule has 1 aromatic rings. The molecule has 1 N–H and O–H groups in total. The van der Waals surface area contributed by atoms with Crippen molar-refractivity contribution in [2.24, 2.45) is 7.05 Å². The Morgan fingerprint density at radius 3 is 2.62 bits per heavy atom. The van der Waals surface area contributed by atoms with Gasteiger partial charge in [0.25, 0.3) is 0 Å². The molecule has 1 aromatic heterocycles. The van der Waals surface area contributed by atoms with Crippen molar-refractivity contribution in [1.29, 1.82) is 0 Å². The Morgan fingerprint density at radius 2 is 2.14 bits per heavy atom. The number of aromatic nitrogens is 2. The first-order valence-corrected chi connectivity index (χ1v) is 7.19. The Balaban J connectivity index is 1.89. The topological polar surface area (TPSA) is 61.6 Å². The molecule has 1 amide bonds. The molecule has 0 aromatic carbocycles. The number of aliphatic hydroxyl groups excluding tert-OH is 1. The number of amides is 1.